The molecule has 1 aromatic rings. The van der Waals surface area contributed by atoms with Crippen molar-refractivity contribution in [3.8, 4) is 0 Å². The van der Waals surface area contributed by atoms with E-state index in [9.17, 15) is 8.42 Å². The van der Waals surface area contributed by atoms with Gasteiger partial charge in [-0.25, -0.2) is 8.42 Å². The smallest absolute Gasteiger partial charge is 0.152 e. The number of nitrogen functional groups attached to an aromatic ring is 1. The van der Waals surface area contributed by atoms with Crippen molar-refractivity contribution in [3.63, 3.8) is 0 Å². The molecule has 0 atom stereocenters. The summed E-state index contributed by atoms with van der Waals surface area (Å²) in [5.74, 6) is 0.372. The number of anilines is 2. The van der Waals surface area contributed by atoms with Gasteiger partial charge in [-0.2, -0.15) is 0 Å². The van der Waals surface area contributed by atoms with Crippen LogP contribution >= 0.6 is 23.2 Å². The Labute approximate surface area is 117 Å². The molecule has 0 bridgehead atoms. The zero-order valence-corrected chi connectivity index (χ0v) is 12.0. The second-order valence-corrected chi connectivity index (χ2v) is 7.44. The minimum atomic E-state index is -2.93. The second kappa shape index (κ2) is 5.15. The molecule has 18 heavy (non-hydrogen) atoms. The molecule has 1 heterocycles. The first-order valence-corrected chi connectivity index (χ1v) is 8.17. The van der Waals surface area contributed by atoms with E-state index in [1.165, 1.54) is 0 Å². The van der Waals surface area contributed by atoms with Crippen molar-refractivity contribution in [1.82, 2.24) is 0 Å². The quantitative estimate of drug-likeness (QED) is 0.808. The van der Waals surface area contributed by atoms with Crippen molar-refractivity contribution >= 4 is 44.4 Å². The largest absolute Gasteiger partial charge is 0.397 e. The summed E-state index contributed by atoms with van der Waals surface area (Å²) >= 11 is 11.8. The summed E-state index contributed by atoms with van der Waals surface area (Å²) in [6, 6.07) is 3.29. The van der Waals surface area contributed by atoms with Gasteiger partial charge in [0.1, 0.15) is 0 Å². The third-order valence-electron chi connectivity index (χ3n) is 2.97. The molecule has 0 aromatic heterocycles. The van der Waals surface area contributed by atoms with Gasteiger partial charge in [0.05, 0.1) is 32.9 Å². The average molecular weight is 309 g/mol. The van der Waals surface area contributed by atoms with Crippen LogP contribution in [0.25, 0.3) is 0 Å². The molecule has 0 unspecified atom stereocenters. The van der Waals surface area contributed by atoms with Crippen LogP contribution in [0.15, 0.2) is 12.1 Å². The molecule has 2 rings (SSSR count). The highest BCUT2D eigenvalue weighted by molar-refractivity contribution is 7.91. The van der Waals surface area contributed by atoms with Gasteiger partial charge in [0.25, 0.3) is 0 Å². The Balaban J connectivity index is 2.29. The van der Waals surface area contributed by atoms with Crippen LogP contribution in [0, 0.1) is 0 Å². The molecule has 4 nitrogen and oxygen atoms in total. The minimum absolute atomic E-state index is 0.146. The Morgan fingerprint density at radius 1 is 1.11 bits per heavy atom. The van der Waals surface area contributed by atoms with Gasteiger partial charge in [0.2, 0.25) is 0 Å². The van der Waals surface area contributed by atoms with Crippen LogP contribution in [0.2, 0.25) is 10.0 Å². The zero-order valence-electron chi connectivity index (χ0n) is 9.70. The maximum Gasteiger partial charge on any atom is 0.152 e. The highest BCUT2D eigenvalue weighted by Crippen LogP contribution is 2.33. The van der Waals surface area contributed by atoms with Gasteiger partial charge in [-0.05, 0) is 18.6 Å². The van der Waals surface area contributed by atoms with Crippen LogP contribution in [0.1, 0.15) is 6.42 Å². The van der Waals surface area contributed by atoms with Gasteiger partial charge < -0.3 is 10.6 Å². The van der Waals surface area contributed by atoms with E-state index in [0.29, 0.717) is 35.2 Å². The Kier molecular flexibility index (Phi) is 3.94. The van der Waals surface area contributed by atoms with E-state index in [2.05, 4.69) is 0 Å². The average Bonchev–Trinajstić information content (AvgIpc) is 2.45. The lowest BCUT2D eigenvalue weighted by Crippen LogP contribution is -2.27. The Bertz CT molecular complexity index is 560. The van der Waals surface area contributed by atoms with Crippen LogP contribution in [0.5, 0.6) is 0 Å². The third-order valence-corrected chi connectivity index (χ3v) is 5.40. The monoisotopic (exact) mass is 308 g/mol. The van der Waals surface area contributed by atoms with E-state index in [0.717, 1.165) is 5.69 Å². The molecule has 1 saturated heterocycles. The van der Waals surface area contributed by atoms with Crippen LogP contribution in [0.4, 0.5) is 11.4 Å². The predicted octanol–water partition coefficient (Wildman–Crippen LogP) is 2.20. The number of nitrogens with two attached hydrogens (primary N) is 1. The first-order valence-electron chi connectivity index (χ1n) is 5.59. The number of halogens is 2. The van der Waals surface area contributed by atoms with Crippen LogP contribution < -0.4 is 10.6 Å². The number of benzene rings is 1. The summed E-state index contributed by atoms with van der Waals surface area (Å²) in [4.78, 5) is 1.95. The van der Waals surface area contributed by atoms with E-state index >= 15 is 0 Å². The highest BCUT2D eigenvalue weighted by atomic mass is 35.5. The van der Waals surface area contributed by atoms with Gasteiger partial charge >= 0.3 is 0 Å². The number of hydrogen-bond donors (Lipinski definition) is 1. The minimum Gasteiger partial charge on any atom is -0.397 e. The van der Waals surface area contributed by atoms with Gasteiger partial charge in [-0.15, -0.1) is 0 Å². The Morgan fingerprint density at radius 2 is 1.78 bits per heavy atom. The topological polar surface area (TPSA) is 63.4 Å². The number of sulfone groups is 1. The van der Waals surface area contributed by atoms with Crippen molar-refractivity contribution in [2.75, 3.05) is 35.2 Å². The molecular weight excluding hydrogens is 295 g/mol. The number of rotatable bonds is 1. The standard InChI is InChI=1S/C11H14Cl2N2O2S/c12-8-6-10(14)11(7-9(8)13)15-2-1-4-18(16,17)5-3-15/h6-7H,1-5,14H2. The fraction of sp³-hybridized carbons (Fsp3) is 0.455. The molecule has 0 amide bonds. The summed E-state index contributed by atoms with van der Waals surface area (Å²) in [7, 11) is -2.93. The molecule has 0 radical (unpaired) electrons. The first kappa shape index (κ1) is 13.8. The molecule has 1 aromatic carbocycles. The summed E-state index contributed by atoms with van der Waals surface area (Å²) in [6.07, 6.45) is 0.599. The lowest BCUT2D eigenvalue weighted by molar-refractivity contribution is 0.597. The summed E-state index contributed by atoms with van der Waals surface area (Å²) in [6.45, 7) is 1.09. The molecule has 0 aliphatic carbocycles. The van der Waals surface area contributed by atoms with Crippen molar-refractivity contribution in [3.05, 3.63) is 22.2 Å². The van der Waals surface area contributed by atoms with Crippen LogP contribution in [0.3, 0.4) is 0 Å². The molecule has 0 saturated carbocycles. The van der Waals surface area contributed by atoms with E-state index in [4.69, 9.17) is 28.9 Å². The maximum absolute atomic E-state index is 11.5. The van der Waals surface area contributed by atoms with Crippen molar-refractivity contribution < 1.29 is 8.42 Å². The summed E-state index contributed by atoms with van der Waals surface area (Å²) in [5, 5.41) is 0.827. The number of hydrogen-bond acceptors (Lipinski definition) is 4. The molecule has 100 valence electrons. The third kappa shape index (κ3) is 3.02. The van der Waals surface area contributed by atoms with Crippen molar-refractivity contribution in [2.24, 2.45) is 0 Å². The number of nitrogens with zero attached hydrogens (tertiary/aromatic N) is 1. The molecule has 7 heteroatoms. The lowest BCUT2D eigenvalue weighted by Gasteiger charge is -2.24. The molecule has 1 aliphatic rings. The molecule has 0 spiro atoms. The van der Waals surface area contributed by atoms with Crippen molar-refractivity contribution in [2.45, 2.75) is 6.42 Å². The summed E-state index contributed by atoms with van der Waals surface area (Å²) in [5.41, 5.74) is 7.17. The zero-order chi connectivity index (χ0) is 13.3. The van der Waals surface area contributed by atoms with Gasteiger partial charge in [0, 0.05) is 13.1 Å². The van der Waals surface area contributed by atoms with Gasteiger partial charge in [-0.3, -0.25) is 0 Å². The van der Waals surface area contributed by atoms with E-state index < -0.39 is 9.84 Å². The second-order valence-electron chi connectivity index (χ2n) is 4.32. The van der Waals surface area contributed by atoms with E-state index in [1.54, 1.807) is 12.1 Å². The predicted molar refractivity (Wildman–Crippen MR) is 76.4 cm³/mol. The van der Waals surface area contributed by atoms with Gasteiger partial charge in [0.15, 0.2) is 9.84 Å². The van der Waals surface area contributed by atoms with Crippen molar-refractivity contribution in [1.29, 1.82) is 0 Å². The Morgan fingerprint density at radius 3 is 2.50 bits per heavy atom. The molecule has 1 fully saturated rings. The Hall–Kier alpha value is -0.650. The fourth-order valence-corrected chi connectivity index (χ4v) is 3.61. The molecule has 1 aliphatic heterocycles. The van der Waals surface area contributed by atoms with Crippen LogP contribution in [-0.2, 0) is 9.84 Å². The molecule has 2 N–H and O–H groups in total. The maximum atomic E-state index is 11.5. The molecular formula is C11H14Cl2N2O2S. The van der Waals surface area contributed by atoms with Crippen LogP contribution in [-0.4, -0.2) is 33.0 Å². The fourth-order valence-electron chi connectivity index (χ4n) is 2.00. The van der Waals surface area contributed by atoms with Gasteiger partial charge in [-0.1, -0.05) is 23.2 Å². The van der Waals surface area contributed by atoms with E-state index in [-0.39, 0.29) is 11.5 Å². The SMILES string of the molecule is Nc1cc(Cl)c(Cl)cc1N1CCCS(=O)(=O)CC1. The first-order chi connectivity index (χ1) is 8.39. The summed E-state index contributed by atoms with van der Waals surface area (Å²) < 4.78 is 23.1. The lowest BCUT2D eigenvalue weighted by atomic mass is 10.2. The van der Waals surface area contributed by atoms with E-state index in [1.807, 2.05) is 4.90 Å². The highest BCUT2D eigenvalue weighted by Gasteiger charge is 2.21. The normalized spacial score (nSPS) is 19.6.